The summed E-state index contributed by atoms with van der Waals surface area (Å²) in [5.74, 6) is 0.299. The fourth-order valence-corrected chi connectivity index (χ4v) is 3.91. The normalized spacial score (nSPS) is 11.5. The van der Waals surface area contributed by atoms with Crippen molar-refractivity contribution in [1.29, 1.82) is 0 Å². The summed E-state index contributed by atoms with van der Waals surface area (Å²) in [4.78, 5) is 17.3. The average Bonchev–Trinajstić information content (AvgIpc) is 3.14. The van der Waals surface area contributed by atoms with Crippen LogP contribution >= 0.6 is 11.3 Å². The van der Waals surface area contributed by atoms with Crippen LogP contribution in [0.15, 0.2) is 66.7 Å². The third-order valence-electron chi connectivity index (χ3n) is 4.51. The van der Waals surface area contributed by atoms with Crippen molar-refractivity contribution in [1.82, 2.24) is 4.98 Å². The molecule has 4 rings (SSSR count). The summed E-state index contributed by atoms with van der Waals surface area (Å²) in [5, 5.41) is 3.20. The first-order valence-corrected chi connectivity index (χ1v) is 9.69. The molecule has 30 heavy (non-hydrogen) atoms. The molecule has 0 atom stereocenters. The van der Waals surface area contributed by atoms with Crippen LogP contribution in [0.5, 0.6) is 5.75 Å². The number of fused-ring (bicyclic) bond motifs is 1. The molecule has 1 N–H and O–H groups in total. The molecule has 0 bridgehead atoms. The summed E-state index contributed by atoms with van der Waals surface area (Å²) < 4.78 is 44.5. The van der Waals surface area contributed by atoms with Crippen LogP contribution in [0.3, 0.4) is 0 Å². The highest BCUT2D eigenvalue weighted by Gasteiger charge is 2.30. The van der Waals surface area contributed by atoms with Gasteiger partial charge in [-0.3, -0.25) is 10.1 Å². The molecular formula is C22H15F3N2O2S. The molecule has 0 unspecified atom stereocenters. The lowest BCUT2D eigenvalue weighted by atomic mass is 9.98. The van der Waals surface area contributed by atoms with Gasteiger partial charge < -0.3 is 4.74 Å². The zero-order valence-corrected chi connectivity index (χ0v) is 16.5. The van der Waals surface area contributed by atoms with Crippen LogP contribution in [-0.4, -0.2) is 18.0 Å². The number of nitrogens with one attached hydrogen (secondary N) is 1. The topological polar surface area (TPSA) is 51.2 Å². The lowest BCUT2D eigenvalue weighted by molar-refractivity contribution is -0.137. The zero-order valence-electron chi connectivity index (χ0n) is 15.7. The number of hydrogen-bond donors (Lipinski definition) is 1. The number of amides is 1. The first-order valence-electron chi connectivity index (χ1n) is 8.88. The standard InChI is InChI=1S/C22H15F3N2O2S/c1-29-15-10-11-18-19(12-15)30-21(26-18)27-20(28)17-5-3-2-4-16(17)13-6-8-14(9-7-13)22(23,24)25/h2-12H,1H3,(H,26,27,28). The Balaban J connectivity index is 1.62. The SMILES string of the molecule is COc1ccc2nc(NC(=O)c3ccccc3-c3ccc(C(F)(F)F)cc3)sc2c1. The number of thiazole rings is 1. The van der Waals surface area contributed by atoms with Crippen LogP contribution in [0.2, 0.25) is 0 Å². The van der Waals surface area contributed by atoms with E-state index < -0.39 is 17.6 Å². The Kier molecular flexibility index (Phi) is 5.17. The van der Waals surface area contributed by atoms with Crippen LogP contribution in [0.1, 0.15) is 15.9 Å². The summed E-state index contributed by atoms with van der Waals surface area (Å²) in [6.07, 6.45) is -4.41. The maximum absolute atomic E-state index is 12.9. The van der Waals surface area contributed by atoms with E-state index in [9.17, 15) is 18.0 Å². The Hall–Kier alpha value is -3.39. The highest BCUT2D eigenvalue weighted by atomic mass is 32.1. The number of carbonyl (C=O) groups excluding carboxylic acids is 1. The summed E-state index contributed by atoms with van der Waals surface area (Å²) >= 11 is 1.31. The minimum absolute atomic E-state index is 0.342. The predicted octanol–water partition coefficient (Wildman–Crippen LogP) is 6.24. The van der Waals surface area contributed by atoms with Gasteiger partial charge in [-0.15, -0.1) is 0 Å². The molecule has 8 heteroatoms. The first kappa shape index (κ1) is 19.9. The van der Waals surface area contributed by atoms with Crippen molar-refractivity contribution in [3.8, 4) is 16.9 Å². The molecule has 0 saturated heterocycles. The fraction of sp³-hybridized carbons (Fsp3) is 0.0909. The smallest absolute Gasteiger partial charge is 0.416 e. The Morgan fingerprint density at radius 2 is 1.77 bits per heavy atom. The van der Waals surface area contributed by atoms with Gasteiger partial charge >= 0.3 is 6.18 Å². The van der Waals surface area contributed by atoms with E-state index >= 15 is 0 Å². The number of methoxy groups -OCH3 is 1. The highest BCUT2D eigenvalue weighted by Crippen LogP contribution is 2.33. The van der Waals surface area contributed by atoms with Gasteiger partial charge in [0.1, 0.15) is 5.75 Å². The first-order chi connectivity index (χ1) is 14.3. The van der Waals surface area contributed by atoms with E-state index in [0.717, 1.165) is 22.3 Å². The van der Waals surface area contributed by atoms with E-state index in [2.05, 4.69) is 10.3 Å². The summed E-state index contributed by atoms with van der Waals surface area (Å²) in [7, 11) is 1.57. The van der Waals surface area contributed by atoms with Crippen molar-refractivity contribution in [3.63, 3.8) is 0 Å². The molecule has 4 nitrogen and oxygen atoms in total. The minimum atomic E-state index is -4.41. The molecule has 0 aliphatic rings. The number of alkyl halides is 3. The number of nitrogens with zero attached hydrogens (tertiary/aromatic N) is 1. The molecule has 0 aliphatic heterocycles. The van der Waals surface area contributed by atoms with Gasteiger partial charge in [-0.05, 0) is 47.5 Å². The van der Waals surface area contributed by atoms with Gasteiger partial charge in [0.2, 0.25) is 0 Å². The molecule has 1 aromatic heterocycles. The monoisotopic (exact) mass is 428 g/mol. The van der Waals surface area contributed by atoms with Crippen molar-refractivity contribution < 1.29 is 22.7 Å². The fourth-order valence-electron chi connectivity index (χ4n) is 3.02. The molecule has 1 heterocycles. The Bertz CT molecular complexity index is 1220. The molecule has 152 valence electrons. The van der Waals surface area contributed by atoms with Gasteiger partial charge in [-0.25, -0.2) is 4.98 Å². The maximum Gasteiger partial charge on any atom is 0.416 e. The van der Waals surface area contributed by atoms with Crippen LogP contribution in [0, 0.1) is 0 Å². The lowest BCUT2D eigenvalue weighted by Crippen LogP contribution is -2.13. The maximum atomic E-state index is 12.9. The van der Waals surface area contributed by atoms with Gasteiger partial charge in [-0.1, -0.05) is 41.7 Å². The molecule has 0 fully saturated rings. The molecule has 0 spiro atoms. The number of benzene rings is 3. The van der Waals surface area contributed by atoms with E-state index in [4.69, 9.17) is 4.74 Å². The Labute approximate surface area is 174 Å². The van der Waals surface area contributed by atoms with Gasteiger partial charge in [0.05, 0.1) is 22.9 Å². The van der Waals surface area contributed by atoms with E-state index in [0.29, 0.717) is 27.6 Å². The number of halogens is 3. The van der Waals surface area contributed by atoms with Crippen LogP contribution in [0.4, 0.5) is 18.3 Å². The lowest BCUT2D eigenvalue weighted by Gasteiger charge is -2.11. The second kappa shape index (κ2) is 7.79. The molecule has 4 aromatic rings. The number of hydrogen-bond acceptors (Lipinski definition) is 4. The Morgan fingerprint density at radius 3 is 2.47 bits per heavy atom. The second-order valence-electron chi connectivity index (χ2n) is 6.43. The van der Waals surface area contributed by atoms with Crippen molar-refractivity contribution in [3.05, 3.63) is 77.9 Å². The summed E-state index contributed by atoms with van der Waals surface area (Å²) in [6.45, 7) is 0. The van der Waals surface area contributed by atoms with Crippen LogP contribution < -0.4 is 10.1 Å². The van der Waals surface area contributed by atoms with Gasteiger partial charge in [0, 0.05) is 5.56 Å². The van der Waals surface area contributed by atoms with Crippen LogP contribution in [0.25, 0.3) is 21.3 Å². The largest absolute Gasteiger partial charge is 0.497 e. The van der Waals surface area contributed by atoms with Crippen molar-refractivity contribution in [2.24, 2.45) is 0 Å². The summed E-state index contributed by atoms with van der Waals surface area (Å²) in [5.41, 5.74) is 1.38. The third-order valence-corrected chi connectivity index (χ3v) is 5.44. The number of rotatable bonds is 4. The third kappa shape index (κ3) is 3.99. The molecule has 0 radical (unpaired) electrons. The van der Waals surface area contributed by atoms with Crippen LogP contribution in [-0.2, 0) is 6.18 Å². The molecule has 1 amide bonds. The quantitative estimate of drug-likeness (QED) is 0.418. The van der Waals surface area contributed by atoms with E-state index in [-0.39, 0.29) is 0 Å². The average molecular weight is 428 g/mol. The molecule has 0 saturated carbocycles. The summed E-state index contributed by atoms with van der Waals surface area (Å²) in [6, 6.07) is 16.9. The van der Waals surface area contributed by atoms with Gasteiger partial charge in [0.15, 0.2) is 5.13 Å². The van der Waals surface area contributed by atoms with Crippen molar-refractivity contribution in [2.75, 3.05) is 12.4 Å². The van der Waals surface area contributed by atoms with Gasteiger partial charge in [0.25, 0.3) is 5.91 Å². The van der Waals surface area contributed by atoms with Crippen molar-refractivity contribution >= 4 is 32.6 Å². The number of aromatic nitrogens is 1. The van der Waals surface area contributed by atoms with E-state index in [1.165, 1.54) is 23.5 Å². The van der Waals surface area contributed by atoms with E-state index in [1.54, 1.807) is 43.5 Å². The number of anilines is 1. The number of ether oxygens (including phenoxy) is 1. The highest BCUT2D eigenvalue weighted by molar-refractivity contribution is 7.22. The van der Waals surface area contributed by atoms with E-state index in [1.807, 2.05) is 6.07 Å². The van der Waals surface area contributed by atoms with Gasteiger partial charge in [-0.2, -0.15) is 13.2 Å². The minimum Gasteiger partial charge on any atom is -0.497 e. The zero-order chi connectivity index (χ0) is 21.3. The second-order valence-corrected chi connectivity index (χ2v) is 7.46. The predicted molar refractivity (Wildman–Crippen MR) is 111 cm³/mol. The number of carbonyl (C=O) groups is 1. The molecule has 3 aromatic carbocycles. The molecular weight excluding hydrogens is 413 g/mol. The van der Waals surface area contributed by atoms with Crippen molar-refractivity contribution in [2.45, 2.75) is 6.18 Å². The molecule has 0 aliphatic carbocycles. The Morgan fingerprint density at radius 1 is 1.03 bits per heavy atom.